The molecular weight excluding hydrogens is 386 g/mol. The van der Waals surface area contributed by atoms with Gasteiger partial charge in [0, 0.05) is 29.8 Å². The molecule has 0 unspecified atom stereocenters. The molecule has 1 heterocycles. The number of amides is 1. The fraction of sp³-hybridized carbons (Fsp3) is 0.227. The van der Waals surface area contributed by atoms with Crippen LogP contribution in [0.15, 0.2) is 58.4 Å². The highest BCUT2D eigenvalue weighted by atomic mass is 16.5. The van der Waals surface area contributed by atoms with Gasteiger partial charge in [-0.1, -0.05) is 6.07 Å². The van der Waals surface area contributed by atoms with Gasteiger partial charge in [0.15, 0.2) is 11.5 Å². The third-order valence-electron chi connectivity index (χ3n) is 4.52. The summed E-state index contributed by atoms with van der Waals surface area (Å²) in [6, 6.07) is 10.5. The van der Waals surface area contributed by atoms with Gasteiger partial charge in [0.2, 0.25) is 5.91 Å². The summed E-state index contributed by atoms with van der Waals surface area (Å²) in [4.78, 5) is 37.5. The number of rotatable bonds is 6. The molecule has 8 heteroatoms. The molecule has 156 valence electrons. The standard InChI is InChI=1S/C22H23N3O5/c1-14-9-15(2)11-17(10-14)25-8-7-24(21(27)22(25)28)13-20(26)23-16-5-6-18(29-3)19(12-16)30-4/h5-12H,13H2,1-4H3,(H,23,26). The summed E-state index contributed by atoms with van der Waals surface area (Å²) < 4.78 is 12.7. The molecule has 1 aromatic heterocycles. The number of hydrogen-bond donors (Lipinski definition) is 1. The Labute approximate surface area is 173 Å². The highest BCUT2D eigenvalue weighted by molar-refractivity contribution is 5.90. The van der Waals surface area contributed by atoms with Gasteiger partial charge in [-0.3, -0.25) is 23.5 Å². The van der Waals surface area contributed by atoms with Crippen LogP contribution in [0.25, 0.3) is 5.69 Å². The van der Waals surface area contributed by atoms with E-state index in [0.717, 1.165) is 15.7 Å². The molecule has 3 aromatic rings. The Balaban J connectivity index is 1.82. The summed E-state index contributed by atoms with van der Waals surface area (Å²) >= 11 is 0. The molecule has 0 atom stereocenters. The first kappa shape index (κ1) is 20.9. The molecule has 0 aliphatic carbocycles. The second-order valence-electron chi connectivity index (χ2n) is 6.87. The van der Waals surface area contributed by atoms with E-state index in [-0.39, 0.29) is 6.54 Å². The van der Waals surface area contributed by atoms with E-state index < -0.39 is 17.0 Å². The van der Waals surface area contributed by atoms with E-state index in [4.69, 9.17) is 9.47 Å². The van der Waals surface area contributed by atoms with Crippen molar-refractivity contribution in [1.29, 1.82) is 0 Å². The van der Waals surface area contributed by atoms with Gasteiger partial charge in [0.25, 0.3) is 0 Å². The number of carbonyl (C=O) groups is 1. The Morgan fingerprint density at radius 1 is 0.900 bits per heavy atom. The van der Waals surface area contributed by atoms with Crippen molar-refractivity contribution in [2.24, 2.45) is 0 Å². The number of methoxy groups -OCH3 is 2. The summed E-state index contributed by atoms with van der Waals surface area (Å²) in [5, 5.41) is 2.68. The molecule has 1 N–H and O–H groups in total. The fourth-order valence-corrected chi connectivity index (χ4v) is 3.20. The smallest absolute Gasteiger partial charge is 0.320 e. The third-order valence-corrected chi connectivity index (χ3v) is 4.52. The minimum atomic E-state index is -0.779. The van der Waals surface area contributed by atoms with Gasteiger partial charge in [0.05, 0.1) is 14.2 Å². The number of carbonyl (C=O) groups excluding carboxylic acids is 1. The van der Waals surface area contributed by atoms with Gasteiger partial charge in [-0.15, -0.1) is 0 Å². The normalized spacial score (nSPS) is 10.5. The van der Waals surface area contributed by atoms with Crippen LogP contribution in [0.4, 0.5) is 5.69 Å². The van der Waals surface area contributed by atoms with Crippen molar-refractivity contribution in [3.8, 4) is 17.2 Å². The number of aryl methyl sites for hydroxylation is 2. The van der Waals surface area contributed by atoms with Crippen LogP contribution in [0.3, 0.4) is 0 Å². The van der Waals surface area contributed by atoms with Gasteiger partial charge < -0.3 is 14.8 Å². The first-order chi connectivity index (χ1) is 14.3. The summed E-state index contributed by atoms with van der Waals surface area (Å²) in [5.74, 6) is 0.540. The van der Waals surface area contributed by atoms with Crippen LogP contribution in [0.2, 0.25) is 0 Å². The minimum absolute atomic E-state index is 0.296. The molecule has 0 fully saturated rings. The zero-order chi connectivity index (χ0) is 21.8. The predicted octanol–water partition coefficient (Wildman–Crippen LogP) is 2.27. The van der Waals surface area contributed by atoms with E-state index in [1.807, 2.05) is 32.0 Å². The van der Waals surface area contributed by atoms with E-state index in [1.54, 1.807) is 18.2 Å². The zero-order valence-corrected chi connectivity index (χ0v) is 17.3. The number of anilines is 1. The van der Waals surface area contributed by atoms with Crippen molar-refractivity contribution in [2.75, 3.05) is 19.5 Å². The van der Waals surface area contributed by atoms with Crippen LogP contribution in [-0.4, -0.2) is 29.3 Å². The van der Waals surface area contributed by atoms with Gasteiger partial charge in [-0.05, 0) is 49.2 Å². The van der Waals surface area contributed by atoms with Crippen molar-refractivity contribution < 1.29 is 14.3 Å². The zero-order valence-electron chi connectivity index (χ0n) is 17.3. The molecular formula is C22H23N3O5. The molecule has 0 spiro atoms. The quantitative estimate of drug-likeness (QED) is 0.631. The Morgan fingerprint density at radius 3 is 2.20 bits per heavy atom. The van der Waals surface area contributed by atoms with E-state index in [2.05, 4.69) is 5.32 Å². The Kier molecular flexibility index (Phi) is 6.06. The van der Waals surface area contributed by atoms with E-state index in [1.165, 1.54) is 31.2 Å². The van der Waals surface area contributed by atoms with Gasteiger partial charge in [-0.25, -0.2) is 0 Å². The van der Waals surface area contributed by atoms with Crippen molar-refractivity contribution >= 4 is 11.6 Å². The average Bonchev–Trinajstić information content (AvgIpc) is 2.70. The number of benzene rings is 2. The second-order valence-corrected chi connectivity index (χ2v) is 6.87. The maximum atomic E-state index is 12.6. The molecule has 0 saturated carbocycles. The topological polar surface area (TPSA) is 91.6 Å². The molecule has 0 aliphatic rings. The molecule has 2 aromatic carbocycles. The summed E-state index contributed by atoms with van der Waals surface area (Å²) in [6.45, 7) is 3.54. The van der Waals surface area contributed by atoms with Crippen LogP contribution in [-0.2, 0) is 11.3 Å². The highest BCUT2D eigenvalue weighted by Gasteiger charge is 2.12. The maximum absolute atomic E-state index is 12.6. The summed E-state index contributed by atoms with van der Waals surface area (Å²) in [5.41, 5.74) is 1.55. The minimum Gasteiger partial charge on any atom is -0.493 e. The lowest BCUT2D eigenvalue weighted by atomic mass is 10.1. The van der Waals surface area contributed by atoms with Gasteiger partial charge >= 0.3 is 11.1 Å². The third kappa shape index (κ3) is 4.43. The number of nitrogens with one attached hydrogen (secondary N) is 1. The molecule has 30 heavy (non-hydrogen) atoms. The highest BCUT2D eigenvalue weighted by Crippen LogP contribution is 2.29. The SMILES string of the molecule is COc1ccc(NC(=O)Cn2ccn(-c3cc(C)cc(C)c3)c(=O)c2=O)cc1OC. The molecule has 8 nitrogen and oxygen atoms in total. The predicted molar refractivity (Wildman–Crippen MR) is 114 cm³/mol. The Hall–Kier alpha value is -3.81. The molecule has 0 radical (unpaired) electrons. The molecule has 0 bridgehead atoms. The van der Waals surface area contributed by atoms with Crippen molar-refractivity contribution in [2.45, 2.75) is 20.4 Å². The number of nitrogens with zero attached hydrogens (tertiary/aromatic N) is 2. The second kappa shape index (κ2) is 8.69. The Morgan fingerprint density at radius 2 is 1.57 bits per heavy atom. The van der Waals surface area contributed by atoms with Crippen LogP contribution < -0.4 is 25.9 Å². The monoisotopic (exact) mass is 409 g/mol. The fourth-order valence-electron chi connectivity index (χ4n) is 3.20. The van der Waals surface area contributed by atoms with Crippen molar-refractivity contribution in [3.05, 3.63) is 80.6 Å². The van der Waals surface area contributed by atoms with E-state index in [0.29, 0.717) is 22.9 Å². The molecule has 3 rings (SSSR count). The first-order valence-electron chi connectivity index (χ1n) is 9.25. The van der Waals surface area contributed by atoms with Crippen LogP contribution >= 0.6 is 0 Å². The summed E-state index contributed by atoms with van der Waals surface area (Å²) in [7, 11) is 3.01. The molecule has 1 amide bonds. The summed E-state index contributed by atoms with van der Waals surface area (Å²) in [6.07, 6.45) is 2.91. The Bertz CT molecular complexity index is 1190. The van der Waals surface area contributed by atoms with Gasteiger partial charge in [-0.2, -0.15) is 0 Å². The lowest BCUT2D eigenvalue weighted by molar-refractivity contribution is -0.116. The first-order valence-corrected chi connectivity index (χ1v) is 9.25. The van der Waals surface area contributed by atoms with Crippen LogP contribution in [0, 0.1) is 13.8 Å². The average molecular weight is 409 g/mol. The van der Waals surface area contributed by atoms with Crippen molar-refractivity contribution in [3.63, 3.8) is 0 Å². The maximum Gasteiger partial charge on any atom is 0.320 e. The molecule has 0 aliphatic heterocycles. The molecule has 0 saturated heterocycles. The largest absolute Gasteiger partial charge is 0.493 e. The number of hydrogen-bond acceptors (Lipinski definition) is 5. The number of aromatic nitrogens is 2. The van der Waals surface area contributed by atoms with Gasteiger partial charge in [0.1, 0.15) is 6.54 Å². The lowest BCUT2D eigenvalue weighted by Crippen LogP contribution is -2.41. The lowest BCUT2D eigenvalue weighted by Gasteiger charge is -2.12. The number of ether oxygens (including phenoxy) is 2. The van der Waals surface area contributed by atoms with Crippen molar-refractivity contribution in [1.82, 2.24) is 9.13 Å². The van der Waals surface area contributed by atoms with E-state index >= 15 is 0 Å². The van der Waals surface area contributed by atoms with Crippen LogP contribution in [0.1, 0.15) is 11.1 Å². The van der Waals surface area contributed by atoms with Crippen LogP contribution in [0.5, 0.6) is 11.5 Å². The van der Waals surface area contributed by atoms with E-state index in [9.17, 15) is 14.4 Å².